The molecule has 1 aromatic heterocycles. The highest BCUT2D eigenvalue weighted by Gasteiger charge is 2.28. The lowest BCUT2D eigenvalue weighted by molar-refractivity contribution is 0.0694. The van der Waals surface area contributed by atoms with Crippen molar-refractivity contribution in [2.45, 2.75) is 19.3 Å². The molecule has 0 atom stereocenters. The number of carboxylic acids is 1. The van der Waals surface area contributed by atoms with Crippen LogP contribution in [0.2, 0.25) is 0 Å². The first-order chi connectivity index (χ1) is 8.03. The van der Waals surface area contributed by atoms with E-state index in [9.17, 15) is 9.90 Å². The molecule has 3 heteroatoms. The predicted molar refractivity (Wildman–Crippen MR) is 69.8 cm³/mol. The van der Waals surface area contributed by atoms with Crippen LogP contribution in [0.15, 0.2) is 41.8 Å². The zero-order valence-electron chi connectivity index (χ0n) is 9.81. The van der Waals surface area contributed by atoms with E-state index < -0.39 is 5.97 Å². The van der Waals surface area contributed by atoms with Gasteiger partial charge in [-0.2, -0.15) is 0 Å². The molecule has 0 unspecified atom stereocenters. The molecule has 0 saturated heterocycles. The number of hydrogen-bond donors (Lipinski definition) is 1. The van der Waals surface area contributed by atoms with Crippen molar-refractivity contribution in [2.75, 3.05) is 0 Å². The van der Waals surface area contributed by atoms with Gasteiger partial charge in [0.25, 0.3) is 0 Å². The van der Waals surface area contributed by atoms with Crippen molar-refractivity contribution in [3.63, 3.8) is 0 Å². The molecule has 0 aliphatic heterocycles. The lowest BCUT2D eigenvalue weighted by Crippen LogP contribution is -2.21. The van der Waals surface area contributed by atoms with Crippen LogP contribution in [0.25, 0.3) is 0 Å². The summed E-state index contributed by atoms with van der Waals surface area (Å²) >= 11 is 1.65. The molecule has 0 radical (unpaired) electrons. The molecule has 0 fully saturated rings. The Balaban J connectivity index is 2.57. The van der Waals surface area contributed by atoms with Crippen LogP contribution in [0.1, 0.15) is 34.6 Å². The van der Waals surface area contributed by atoms with E-state index in [1.54, 1.807) is 23.5 Å². The summed E-state index contributed by atoms with van der Waals surface area (Å²) < 4.78 is 0. The number of benzene rings is 1. The number of rotatable bonds is 3. The number of carbonyl (C=O) groups is 1. The summed E-state index contributed by atoms with van der Waals surface area (Å²) in [5.74, 6) is -0.870. The van der Waals surface area contributed by atoms with Gasteiger partial charge in [-0.3, -0.25) is 0 Å². The molecule has 0 spiro atoms. The van der Waals surface area contributed by atoms with Gasteiger partial charge in [0, 0.05) is 10.3 Å². The molecule has 0 saturated carbocycles. The Morgan fingerprint density at radius 2 is 1.88 bits per heavy atom. The van der Waals surface area contributed by atoms with Crippen LogP contribution >= 0.6 is 11.3 Å². The Labute approximate surface area is 105 Å². The van der Waals surface area contributed by atoms with Gasteiger partial charge in [0.05, 0.1) is 5.56 Å². The average Bonchev–Trinajstić information content (AvgIpc) is 2.83. The number of aromatic carboxylic acids is 1. The third kappa shape index (κ3) is 2.11. The van der Waals surface area contributed by atoms with Gasteiger partial charge in [-0.15, -0.1) is 11.3 Å². The second-order valence-corrected chi connectivity index (χ2v) is 5.40. The first-order valence-electron chi connectivity index (χ1n) is 5.40. The third-order valence-corrected chi connectivity index (χ3v) is 4.16. The zero-order chi connectivity index (χ0) is 12.5. The van der Waals surface area contributed by atoms with E-state index >= 15 is 0 Å². The Morgan fingerprint density at radius 1 is 1.18 bits per heavy atom. The maximum atomic E-state index is 11.2. The van der Waals surface area contributed by atoms with E-state index in [0.717, 1.165) is 5.56 Å². The van der Waals surface area contributed by atoms with Gasteiger partial charge < -0.3 is 5.11 Å². The Morgan fingerprint density at radius 3 is 2.47 bits per heavy atom. The van der Waals surface area contributed by atoms with Crippen LogP contribution in [0.4, 0.5) is 0 Å². The largest absolute Gasteiger partial charge is 0.478 e. The zero-order valence-corrected chi connectivity index (χ0v) is 10.6. The fourth-order valence-corrected chi connectivity index (χ4v) is 2.85. The monoisotopic (exact) mass is 246 g/mol. The summed E-state index contributed by atoms with van der Waals surface area (Å²) in [6.07, 6.45) is 0. The summed E-state index contributed by atoms with van der Waals surface area (Å²) in [6.45, 7) is 4.11. The molecule has 1 N–H and O–H groups in total. The summed E-state index contributed by atoms with van der Waals surface area (Å²) in [5, 5.41) is 11.2. The highest BCUT2D eigenvalue weighted by molar-refractivity contribution is 7.10. The first-order valence-corrected chi connectivity index (χ1v) is 6.28. The van der Waals surface area contributed by atoms with E-state index in [4.69, 9.17) is 0 Å². The van der Waals surface area contributed by atoms with E-state index in [1.165, 1.54) is 4.88 Å². The SMILES string of the molecule is CC(C)(c1cccs1)c1ccccc1C(=O)O. The maximum Gasteiger partial charge on any atom is 0.335 e. The van der Waals surface area contributed by atoms with Crippen LogP contribution in [-0.4, -0.2) is 11.1 Å². The minimum absolute atomic E-state index is 0.275. The molecule has 1 heterocycles. The highest BCUT2D eigenvalue weighted by atomic mass is 32.1. The molecule has 0 aliphatic rings. The Bertz CT molecular complexity index is 527. The first kappa shape index (κ1) is 11.9. The minimum Gasteiger partial charge on any atom is -0.478 e. The lowest BCUT2D eigenvalue weighted by Gasteiger charge is -2.25. The molecular formula is C14H14O2S. The molecule has 0 amide bonds. The predicted octanol–water partition coefficient (Wildman–Crippen LogP) is 3.77. The van der Waals surface area contributed by atoms with Crippen molar-refractivity contribution in [3.8, 4) is 0 Å². The summed E-state index contributed by atoms with van der Waals surface area (Å²) in [4.78, 5) is 12.4. The second-order valence-electron chi connectivity index (χ2n) is 4.45. The topological polar surface area (TPSA) is 37.3 Å². The molecule has 88 valence electrons. The van der Waals surface area contributed by atoms with Gasteiger partial charge in [-0.1, -0.05) is 38.1 Å². The van der Waals surface area contributed by atoms with Crippen molar-refractivity contribution in [2.24, 2.45) is 0 Å². The van der Waals surface area contributed by atoms with Crippen molar-refractivity contribution in [1.82, 2.24) is 0 Å². The molecule has 2 rings (SSSR count). The highest BCUT2D eigenvalue weighted by Crippen LogP contribution is 2.36. The van der Waals surface area contributed by atoms with Crippen molar-refractivity contribution >= 4 is 17.3 Å². The summed E-state index contributed by atoms with van der Waals surface area (Å²) in [7, 11) is 0. The Kier molecular flexibility index (Phi) is 3.03. The second kappa shape index (κ2) is 4.34. The molecule has 0 aliphatic carbocycles. The van der Waals surface area contributed by atoms with Gasteiger partial charge in [-0.25, -0.2) is 4.79 Å². The number of carboxylic acid groups (broad SMARTS) is 1. The van der Waals surface area contributed by atoms with E-state index in [0.29, 0.717) is 5.56 Å². The van der Waals surface area contributed by atoms with Gasteiger partial charge in [0.1, 0.15) is 0 Å². The van der Waals surface area contributed by atoms with Gasteiger partial charge in [0.15, 0.2) is 0 Å². The fourth-order valence-electron chi connectivity index (χ4n) is 1.98. The van der Waals surface area contributed by atoms with Crippen LogP contribution in [0.3, 0.4) is 0 Å². The van der Waals surface area contributed by atoms with E-state index in [1.807, 2.05) is 29.6 Å². The van der Waals surface area contributed by atoms with Crippen molar-refractivity contribution < 1.29 is 9.90 Å². The molecule has 17 heavy (non-hydrogen) atoms. The standard InChI is InChI=1S/C14H14O2S/c1-14(2,12-8-5-9-17-12)11-7-4-3-6-10(11)13(15)16/h3-9H,1-2H3,(H,15,16). The fraction of sp³-hybridized carbons (Fsp3) is 0.214. The smallest absolute Gasteiger partial charge is 0.335 e. The minimum atomic E-state index is -0.870. The average molecular weight is 246 g/mol. The van der Waals surface area contributed by atoms with Gasteiger partial charge >= 0.3 is 5.97 Å². The summed E-state index contributed by atoms with van der Waals surface area (Å²) in [6, 6.07) is 11.2. The van der Waals surface area contributed by atoms with Crippen molar-refractivity contribution in [3.05, 3.63) is 57.8 Å². The summed E-state index contributed by atoms with van der Waals surface area (Å²) in [5.41, 5.74) is 0.962. The molecule has 1 aromatic carbocycles. The van der Waals surface area contributed by atoms with Crippen LogP contribution in [0.5, 0.6) is 0 Å². The van der Waals surface area contributed by atoms with Gasteiger partial charge in [0.2, 0.25) is 0 Å². The molecule has 2 nitrogen and oxygen atoms in total. The maximum absolute atomic E-state index is 11.2. The quantitative estimate of drug-likeness (QED) is 0.895. The van der Waals surface area contributed by atoms with Crippen molar-refractivity contribution in [1.29, 1.82) is 0 Å². The lowest BCUT2D eigenvalue weighted by atomic mass is 9.80. The van der Waals surface area contributed by atoms with Crippen LogP contribution in [0, 0.1) is 0 Å². The van der Waals surface area contributed by atoms with Gasteiger partial charge in [-0.05, 0) is 23.1 Å². The third-order valence-electron chi connectivity index (χ3n) is 2.97. The normalized spacial score (nSPS) is 11.4. The Hall–Kier alpha value is -1.61. The molecule has 0 bridgehead atoms. The van der Waals surface area contributed by atoms with E-state index in [2.05, 4.69) is 13.8 Å². The van der Waals surface area contributed by atoms with E-state index in [-0.39, 0.29) is 5.41 Å². The van der Waals surface area contributed by atoms with Crippen LogP contribution < -0.4 is 0 Å². The molecular weight excluding hydrogens is 232 g/mol. The molecule has 2 aromatic rings. The number of hydrogen-bond acceptors (Lipinski definition) is 2. The number of thiophene rings is 1. The van der Waals surface area contributed by atoms with Crippen LogP contribution in [-0.2, 0) is 5.41 Å².